The zero-order valence-corrected chi connectivity index (χ0v) is 40.0. The van der Waals surface area contributed by atoms with Crippen molar-refractivity contribution in [1.82, 2.24) is 33.9 Å². The molecule has 4 aliphatic rings. The maximum absolute atomic E-state index is 12.8. The highest BCUT2D eigenvalue weighted by atomic mass is 32.2. The molecule has 0 saturated heterocycles. The molecular weight excluding hydrogens is 907 g/mol. The second-order valence-electron chi connectivity index (χ2n) is 17.1. The SMILES string of the molecule is CCCCCO.CN(CCCO)C(=O)c1cc(S(=O)(=O)NC(=O)Nc2c3c(cc4c2CCC4)CCC3)nn1C.Cn1nc(S(=O)(=O)NC(=O)Nc2c3c(cc4c2CCC4)CCC3)cc1C(=O)O. The lowest BCUT2D eigenvalue weighted by molar-refractivity contribution is 0.0684. The van der Waals surface area contributed by atoms with E-state index in [2.05, 4.69) is 39.9 Å². The van der Waals surface area contributed by atoms with E-state index >= 15 is 0 Å². The van der Waals surface area contributed by atoms with Crippen LogP contribution in [-0.4, -0.2) is 107 Å². The number of carboxylic acid groups (broad SMARTS) is 1. The summed E-state index contributed by atoms with van der Waals surface area (Å²) in [5.41, 5.74) is 10.5. The fourth-order valence-electron chi connectivity index (χ4n) is 9.07. The highest BCUT2D eigenvalue weighted by Gasteiger charge is 2.31. The van der Waals surface area contributed by atoms with Crippen molar-refractivity contribution in [3.8, 4) is 0 Å². The summed E-state index contributed by atoms with van der Waals surface area (Å²) in [6.07, 6.45) is 15.1. The number of rotatable bonds is 14. The minimum atomic E-state index is -4.30. The van der Waals surface area contributed by atoms with Crippen LogP contribution in [0.4, 0.5) is 21.0 Å². The predicted octanol–water partition coefficient (Wildman–Crippen LogP) is 4.14. The zero-order chi connectivity index (χ0) is 48.6. The quantitative estimate of drug-likeness (QED) is 0.0877. The number of aliphatic hydroxyl groups is 2. The van der Waals surface area contributed by atoms with Crippen molar-refractivity contribution in [3.05, 3.63) is 80.2 Å². The molecule has 2 heterocycles. The van der Waals surface area contributed by atoms with E-state index in [1.807, 2.05) is 9.44 Å². The Labute approximate surface area is 390 Å². The summed E-state index contributed by atoms with van der Waals surface area (Å²) in [6.45, 7) is 2.73. The van der Waals surface area contributed by atoms with Crippen LogP contribution in [0.5, 0.6) is 0 Å². The number of carbonyl (C=O) groups excluding carboxylic acids is 3. The largest absolute Gasteiger partial charge is 0.477 e. The number of benzene rings is 2. The summed E-state index contributed by atoms with van der Waals surface area (Å²) in [6, 6.07) is 4.78. The summed E-state index contributed by atoms with van der Waals surface area (Å²) < 4.78 is 56.6. The predicted molar refractivity (Wildman–Crippen MR) is 248 cm³/mol. The third-order valence-corrected chi connectivity index (χ3v) is 14.7. The van der Waals surface area contributed by atoms with Crippen LogP contribution in [0, 0.1) is 0 Å². The van der Waals surface area contributed by atoms with Crippen LogP contribution in [0.15, 0.2) is 34.3 Å². The second-order valence-corrected chi connectivity index (χ2v) is 20.4. The molecule has 4 aromatic rings. The second kappa shape index (κ2) is 21.9. The first kappa shape index (κ1) is 50.6. The Morgan fingerprint density at radius 1 is 0.612 bits per heavy atom. The number of hydrogen-bond donors (Lipinski definition) is 7. The topological polar surface area (TPSA) is 284 Å². The number of carboxylic acids is 1. The summed E-state index contributed by atoms with van der Waals surface area (Å²) in [5, 5.41) is 38.4. The van der Waals surface area contributed by atoms with Gasteiger partial charge in [-0.15, -0.1) is 0 Å². The monoisotopic (exact) mass is 967 g/mol. The molecule has 22 heteroatoms. The number of amides is 5. The van der Waals surface area contributed by atoms with Crippen LogP contribution in [0.1, 0.15) is 124 Å². The Balaban J connectivity index is 0.000000199. The number of aromatic carboxylic acids is 1. The van der Waals surface area contributed by atoms with E-state index in [1.165, 1.54) is 52.4 Å². The average molecular weight is 968 g/mol. The van der Waals surface area contributed by atoms with E-state index in [4.69, 9.17) is 15.3 Å². The number of aromatic nitrogens is 4. The highest BCUT2D eigenvalue weighted by molar-refractivity contribution is 7.90. The molecule has 5 amide bonds. The number of hydrogen-bond acceptors (Lipinski definition) is 12. The van der Waals surface area contributed by atoms with Gasteiger partial charge in [0.25, 0.3) is 26.0 Å². The molecule has 67 heavy (non-hydrogen) atoms. The minimum absolute atomic E-state index is 0.0600. The molecule has 0 unspecified atom stereocenters. The number of nitrogens with zero attached hydrogens (tertiary/aromatic N) is 5. The first-order valence-electron chi connectivity index (χ1n) is 22.7. The highest BCUT2D eigenvalue weighted by Crippen LogP contribution is 2.40. The summed E-state index contributed by atoms with van der Waals surface area (Å²) >= 11 is 0. The molecule has 8 rings (SSSR count). The van der Waals surface area contributed by atoms with Gasteiger partial charge in [0.05, 0.1) is 0 Å². The van der Waals surface area contributed by atoms with Gasteiger partial charge >= 0.3 is 18.0 Å². The van der Waals surface area contributed by atoms with Gasteiger partial charge in [-0.25, -0.2) is 23.8 Å². The van der Waals surface area contributed by atoms with E-state index < -0.39 is 54.0 Å². The fourth-order valence-corrected chi connectivity index (χ4v) is 10.9. The first-order chi connectivity index (χ1) is 31.9. The maximum Gasteiger partial charge on any atom is 0.354 e. The molecule has 4 aliphatic carbocycles. The van der Waals surface area contributed by atoms with Crippen molar-refractivity contribution < 1.29 is 51.3 Å². The Kier molecular flexibility index (Phi) is 16.5. The third kappa shape index (κ3) is 11.8. The van der Waals surface area contributed by atoms with Crippen LogP contribution >= 0.6 is 0 Å². The molecule has 20 nitrogen and oxygen atoms in total. The van der Waals surface area contributed by atoms with Crippen LogP contribution in [0.25, 0.3) is 0 Å². The number of fused-ring (bicyclic) bond motifs is 4. The average Bonchev–Trinajstić information content (AvgIpc) is 4.14. The Bertz CT molecular complexity index is 2680. The van der Waals surface area contributed by atoms with Crippen molar-refractivity contribution in [1.29, 1.82) is 0 Å². The number of nitrogens with one attached hydrogen (secondary N) is 4. The van der Waals surface area contributed by atoms with Crippen LogP contribution in [-0.2, 0) is 85.5 Å². The number of sulfonamides is 2. The number of urea groups is 2. The molecule has 2 aromatic carbocycles. The van der Waals surface area contributed by atoms with Crippen molar-refractivity contribution in [3.63, 3.8) is 0 Å². The zero-order valence-electron chi connectivity index (χ0n) is 38.4. The van der Waals surface area contributed by atoms with Crippen LogP contribution in [0.2, 0.25) is 0 Å². The van der Waals surface area contributed by atoms with Crippen LogP contribution < -0.4 is 20.1 Å². The standard InChI is InChI=1S/C22H29N5O5S.C18H20N4O5S.C5H12O/c1-26(10-5-11-28)21(29)18-13-19(24-27(18)2)33(31,32)25-22(30)23-20-16-8-3-6-14(16)12-15-7-4-9-17(15)20;1-22-14(17(23)24)9-15(20-22)28(26,27)21-18(25)19-16-12-6-2-4-10(12)8-11-5-3-7-13(11)16;1-2-3-4-5-6/h12-13,28H,3-11H2,1-2H3,(H2,23,25,30);8-9H,2-7H2,1H3,(H,23,24)(H2,19,21,25);6H,2-5H2,1H3. The number of anilines is 2. The van der Waals surface area contributed by atoms with E-state index in [-0.39, 0.29) is 18.0 Å². The first-order valence-corrected chi connectivity index (χ1v) is 25.6. The van der Waals surface area contributed by atoms with Gasteiger partial charge in [-0.1, -0.05) is 31.9 Å². The summed E-state index contributed by atoms with van der Waals surface area (Å²) in [5.74, 6) is -1.74. The molecule has 7 N–H and O–H groups in total. The molecule has 0 saturated carbocycles. The lowest BCUT2D eigenvalue weighted by atomic mass is 9.99. The number of aryl methyl sites for hydroxylation is 6. The van der Waals surface area contributed by atoms with Crippen molar-refractivity contribution in [2.45, 2.75) is 120 Å². The van der Waals surface area contributed by atoms with Crippen molar-refractivity contribution in [2.75, 3.05) is 37.4 Å². The van der Waals surface area contributed by atoms with Gasteiger partial charge in [-0.2, -0.15) is 27.0 Å². The number of aliphatic hydroxyl groups excluding tert-OH is 2. The van der Waals surface area contributed by atoms with E-state index in [1.54, 1.807) is 7.05 Å². The third-order valence-electron chi connectivity index (χ3n) is 12.3. The van der Waals surface area contributed by atoms with Gasteiger partial charge in [-0.3, -0.25) is 14.2 Å². The molecule has 0 aliphatic heterocycles. The van der Waals surface area contributed by atoms with E-state index in [0.29, 0.717) is 19.6 Å². The minimum Gasteiger partial charge on any atom is -0.477 e. The number of carbonyl (C=O) groups is 4. The lowest BCUT2D eigenvalue weighted by Gasteiger charge is -2.16. The molecule has 0 radical (unpaired) electrons. The smallest absolute Gasteiger partial charge is 0.354 e. The van der Waals surface area contributed by atoms with Gasteiger partial charge in [0.1, 0.15) is 11.4 Å². The normalized spacial score (nSPS) is 14.4. The van der Waals surface area contributed by atoms with Crippen molar-refractivity contribution in [2.24, 2.45) is 14.1 Å². The molecule has 2 aromatic heterocycles. The molecule has 0 fully saturated rings. The van der Waals surface area contributed by atoms with Gasteiger partial charge < -0.3 is 30.9 Å². The molecule has 364 valence electrons. The van der Waals surface area contributed by atoms with Gasteiger partial charge in [-0.05, 0) is 134 Å². The van der Waals surface area contributed by atoms with Crippen molar-refractivity contribution >= 4 is 55.4 Å². The Morgan fingerprint density at radius 2 is 1.00 bits per heavy atom. The number of unbranched alkanes of at least 4 members (excludes halogenated alkanes) is 2. The molecule has 0 spiro atoms. The van der Waals surface area contributed by atoms with E-state index in [9.17, 15) is 36.0 Å². The van der Waals surface area contributed by atoms with Gasteiger partial charge in [0.2, 0.25) is 0 Å². The molecule has 0 bridgehead atoms. The van der Waals surface area contributed by atoms with E-state index in [0.717, 1.165) is 140 Å². The summed E-state index contributed by atoms with van der Waals surface area (Å²) in [7, 11) is -4.25. The fraction of sp³-hybridized carbons (Fsp3) is 0.511. The van der Waals surface area contributed by atoms with Crippen LogP contribution in [0.3, 0.4) is 0 Å². The van der Waals surface area contributed by atoms with Gasteiger partial charge in [0, 0.05) is 64.4 Å². The molecule has 0 atom stereocenters. The van der Waals surface area contributed by atoms with Gasteiger partial charge in [0.15, 0.2) is 10.1 Å². The molecular formula is C45H61N9O11S2. The Morgan fingerprint density at radius 3 is 1.34 bits per heavy atom. The Hall–Kier alpha value is -5.84. The maximum atomic E-state index is 12.8. The summed E-state index contributed by atoms with van der Waals surface area (Å²) in [4.78, 5) is 50.2. The lowest BCUT2D eigenvalue weighted by Crippen LogP contribution is -2.35.